The zero-order valence-electron chi connectivity index (χ0n) is 13.0. The number of carbonyl (C=O) groups is 1. The Labute approximate surface area is 138 Å². The molecule has 0 unspecified atom stereocenters. The van der Waals surface area contributed by atoms with Crippen molar-refractivity contribution in [2.45, 2.75) is 30.5 Å². The summed E-state index contributed by atoms with van der Waals surface area (Å²) < 4.78 is 6.11. The van der Waals surface area contributed by atoms with E-state index >= 15 is 0 Å². The fourth-order valence-corrected chi connectivity index (χ4v) is 3.10. The summed E-state index contributed by atoms with van der Waals surface area (Å²) in [6, 6.07) is 5.87. The van der Waals surface area contributed by atoms with E-state index in [2.05, 4.69) is 36.3 Å². The van der Waals surface area contributed by atoms with Crippen molar-refractivity contribution < 1.29 is 9.53 Å². The minimum absolute atomic E-state index is 0.00700. The Bertz CT molecular complexity index is 637. The van der Waals surface area contributed by atoms with Crippen LogP contribution >= 0.6 is 23.1 Å². The quantitative estimate of drug-likeness (QED) is 0.845. The Morgan fingerprint density at radius 1 is 1.41 bits per heavy atom. The van der Waals surface area contributed by atoms with Crippen molar-refractivity contribution in [3.8, 4) is 5.75 Å². The molecule has 0 saturated heterocycles. The van der Waals surface area contributed by atoms with Crippen molar-refractivity contribution in [3.63, 3.8) is 0 Å². The van der Waals surface area contributed by atoms with Gasteiger partial charge in [-0.05, 0) is 23.1 Å². The monoisotopic (exact) mass is 337 g/mol. The number of benzene rings is 1. The van der Waals surface area contributed by atoms with Crippen LogP contribution in [0.5, 0.6) is 5.75 Å². The number of rotatable bonds is 5. The first kappa shape index (κ1) is 16.8. The molecule has 0 saturated carbocycles. The molecule has 1 N–H and O–H groups in total. The van der Waals surface area contributed by atoms with Gasteiger partial charge in [0.15, 0.2) is 4.34 Å². The topological polar surface area (TPSA) is 64.1 Å². The smallest absolute Gasteiger partial charge is 0.234 e. The summed E-state index contributed by atoms with van der Waals surface area (Å²) in [5, 5.41) is 10.6. The van der Waals surface area contributed by atoms with Gasteiger partial charge in [-0.1, -0.05) is 49.9 Å². The normalized spacial score (nSPS) is 11.3. The number of hydrogen-bond donors (Lipinski definition) is 1. The molecule has 0 fully saturated rings. The third-order valence-electron chi connectivity index (χ3n) is 3.01. The van der Waals surface area contributed by atoms with Gasteiger partial charge in [0.1, 0.15) is 11.3 Å². The van der Waals surface area contributed by atoms with Gasteiger partial charge in [0.25, 0.3) is 0 Å². The van der Waals surface area contributed by atoms with Crippen LogP contribution in [0.1, 0.15) is 26.3 Å². The van der Waals surface area contributed by atoms with Gasteiger partial charge in [-0.3, -0.25) is 4.79 Å². The van der Waals surface area contributed by atoms with Gasteiger partial charge in [-0.15, -0.1) is 10.2 Å². The standard InChI is InChI=1S/C15H19N3O2S2/c1-15(2,3)10-5-6-12(20-4)11(7-10)17-13(19)8-21-14-18-16-9-22-14/h5-7,9H,8H2,1-4H3,(H,17,19). The van der Waals surface area contributed by atoms with E-state index < -0.39 is 0 Å². The molecule has 0 atom stereocenters. The highest BCUT2D eigenvalue weighted by molar-refractivity contribution is 8.01. The molecule has 7 heteroatoms. The molecule has 0 aliphatic heterocycles. The maximum absolute atomic E-state index is 12.1. The summed E-state index contributed by atoms with van der Waals surface area (Å²) in [5.74, 6) is 0.852. The number of aromatic nitrogens is 2. The number of nitrogens with one attached hydrogen (secondary N) is 1. The molecule has 1 amide bonds. The summed E-state index contributed by atoms with van der Waals surface area (Å²) in [6.07, 6.45) is 0. The molecule has 22 heavy (non-hydrogen) atoms. The Kier molecular flexibility index (Phi) is 5.42. The lowest BCUT2D eigenvalue weighted by Crippen LogP contribution is -2.16. The molecule has 5 nitrogen and oxygen atoms in total. The van der Waals surface area contributed by atoms with Gasteiger partial charge in [0, 0.05) is 0 Å². The largest absolute Gasteiger partial charge is 0.495 e. The molecule has 1 aromatic heterocycles. The number of ether oxygens (including phenoxy) is 1. The summed E-state index contributed by atoms with van der Waals surface area (Å²) in [4.78, 5) is 12.1. The van der Waals surface area contributed by atoms with Gasteiger partial charge in [0.05, 0.1) is 18.6 Å². The van der Waals surface area contributed by atoms with E-state index in [1.165, 1.54) is 23.1 Å². The lowest BCUT2D eigenvalue weighted by molar-refractivity contribution is -0.113. The van der Waals surface area contributed by atoms with Gasteiger partial charge < -0.3 is 10.1 Å². The molecule has 1 heterocycles. The summed E-state index contributed by atoms with van der Waals surface area (Å²) >= 11 is 2.79. The van der Waals surface area contributed by atoms with Crippen LogP contribution in [0.25, 0.3) is 0 Å². The van der Waals surface area contributed by atoms with Crippen LogP contribution in [-0.4, -0.2) is 29.0 Å². The van der Waals surface area contributed by atoms with Gasteiger partial charge in [0.2, 0.25) is 5.91 Å². The SMILES string of the molecule is COc1ccc(C(C)(C)C)cc1NC(=O)CSc1nncs1. The first-order valence-electron chi connectivity index (χ1n) is 6.77. The molecule has 118 valence electrons. The maximum atomic E-state index is 12.1. The molecule has 0 aliphatic rings. The van der Waals surface area contributed by atoms with Crippen LogP contribution in [-0.2, 0) is 10.2 Å². The van der Waals surface area contributed by atoms with Crippen LogP contribution in [0.4, 0.5) is 5.69 Å². The van der Waals surface area contributed by atoms with E-state index in [1.807, 2.05) is 18.2 Å². The van der Waals surface area contributed by atoms with Gasteiger partial charge in [-0.2, -0.15) is 0 Å². The highest BCUT2D eigenvalue weighted by Gasteiger charge is 2.17. The third-order valence-corrected chi connectivity index (χ3v) is 4.87. The second kappa shape index (κ2) is 7.11. The lowest BCUT2D eigenvalue weighted by atomic mass is 9.87. The molecule has 0 bridgehead atoms. The van der Waals surface area contributed by atoms with E-state index in [-0.39, 0.29) is 17.1 Å². The fraction of sp³-hybridized carbons (Fsp3) is 0.400. The summed E-state index contributed by atoms with van der Waals surface area (Å²) in [6.45, 7) is 6.39. The van der Waals surface area contributed by atoms with E-state index in [0.29, 0.717) is 11.4 Å². The Balaban J connectivity index is 2.08. The van der Waals surface area contributed by atoms with Crippen molar-refractivity contribution in [1.82, 2.24) is 10.2 Å². The van der Waals surface area contributed by atoms with E-state index in [1.54, 1.807) is 12.6 Å². The second-order valence-corrected chi connectivity index (χ2v) is 7.76. The number of carbonyl (C=O) groups excluding carboxylic acids is 1. The molecule has 0 radical (unpaired) electrons. The molecule has 2 rings (SSSR count). The molecule has 0 spiro atoms. The average molecular weight is 337 g/mol. The average Bonchev–Trinajstić information content (AvgIpc) is 2.97. The number of thioether (sulfide) groups is 1. The highest BCUT2D eigenvalue weighted by atomic mass is 32.2. The zero-order valence-corrected chi connectivity index (χ0v) is 14.7. The minimum Gasteiger partial charge on any atom is -0.495 e. The maximum Gasteiger partial charge on any atom is 0.234 e. The lowest BCUT2D eigenvalue weighted by Gasteiger charge is -2.21. The first-order valence-corrected chi connectivity index (χ1v) is 8.64. The third kappa shape index (κ3) is 4.45. The Hall–Kier alpha value is -1.60. The minimum atomic E-state index is -0.0930. The van der Waals surface area contributed by atoms with Crippen LogP contribution in [0.2, 0.25) is 0 Å². The van der Waals surface area contributed by atoms with Crippen molar-refractivity contribution in [2.24, 2.45) is 0 Å². The van der Waals surface area contributed by atoms with Crippen molar-refractivity contribution in [3.05, 3.63) is 29.3 Å². The number of methoxy groups -OCH3 is 1. The van der Waals surface area contributed by atoms with Crippen molar-refractivity contribution in [2.75, 3.05) is 18.2 Å². The molecule has 0 aliphatic carbocycles. The van der Waals surface area contributed by atoms with Crippen molar-refractivity contribution >= 4 is 34.7 Å². The zero-order chi connectivity index (χ0) is 16.2. The molecular formula is C15H19N3O2S2. The Morgan fingerprint density at radius 2 is 2.18 bits per heavy atom. The van der Waals surface area contributed by atoms with Crippen LogP contribution in [0.3, 0.4) is 0 Å². The number of amides is 1. The van der Waals surface area contributed by atoms with Gasteiger partial charge in [-0.25, -0.2) is 0 Å². The summed E-state index contributed by atoms with van der Waals surface area (Å²) in [5.41, 5.74) is 3.49. The predicted octanol–water partition coefficient (Wildman–Crippen LogP) is 3.58. The number of nitrogens with zero attached hydrogens (tertiary/aromatic N) is 2. The van der Waals surface area contributed by atoms with E-state index in [4.69, 9.17) is 4.74 Å². The molecule has 1 aromatic carbocycles. The molecular weight excluding hydrogens is 318 g/mol. The van der Waals surface area contributed by atoms with Crippen LogP contribution in [0.15, 0.2) is 28.0 Å². The summed E-state index contributed by atoms with van der Waals surface area (Å²) in [7, 11) is 1.59. The predicted molar refractivity (Wildman–Crippen MR) is 91.0 cm³/mol. The van der Waals surface area contributed by atoms with Crippen LogP contribution < -0.4 is 10.1 Å². The number of hydrogen-bond acceptors (Lipinski definition) is 6. The highest BCUT2D eigenvalue weighted by Crippen LogP contribution is 2.31. The van der Waals surface area contributed by atoms with E-state index in [9.17, 15) is 4.79 Å². The van der Waals surface area contributed by atoms with E-state index in [0.717, 1.165) is 9.90 Å². The Morgan fingerprint density at radius 3 is 2.77 bits per heavy atom. The van der Waals surface area contributed by atoms with Crippen LogP contribution in [0, 0.1) is 0 Å². The first-order chi connectivity index (χ1) is 10.4. The molecule has 2 aromatic rings. The van der Waals surface area contributed by atoms with Gasteiger partial charge >= 0.3 is 0 Å². The number of anilines is 1. The second-order valence-electron chi connectivity index (χ2n) is 5.71. The fourth-order valence-electron chi connectivity index (χ4n) is 1.81. The van der Waals surface area contributed by atoms with Crippen molar-refractivity contribution in [1.29, 1.82) is 0 Å².